The number of nitrogens with one attached hydrogen (secondary N) is 1. The van der Waals surface area contributed by atoms with E-state index in [4.69, 9.17) is 14.2 Å². The molecule has 0 bridgehead atoms. The van der Waals surface area contributed by atoms with Gasteiger partial charge in [-0.1, -0.05) is 30.3 Å². The summed E-state index contributed by atoms with van der Waals surface area (Å²) in [5.74, 6) is -1.57. The number of carbonyl (C=O) groups excluding carboxylic acids is 3. The van der Waals surface area contributed by atoms with Gasteiger partial charge in [0.05, 0.1) is 32.9 Å². The molecule has 4 rings (SSSR count). The Morgan fingerprint density at radius 3 is 2.08 bits per heavy atom. The molecule has 190 valence electrons. The van der Waals surface area contributed by atoms with E-state index < -0.39 is 23.5 Å². The molecule has 9 nitrogen and oxygen atoms in total. The Labute approximate surface area is 213 Å². The van der Waals surface area contributed by atoms with Gasteiger partial charge in [-0.2, -0.15) is 0 Å². The smallest absolute Gasteiger partial charge is 0.300 e. The summed E-state index contributed by atoms with van der Waals surface area (Å²) >= 11 is 0. The maximum atomic E-state index is 13.5. The van der Waals surface area contributed by atoms with Gasteiger partial charge in [0.2, 0.25) is 5.91 Å². The van der Waals surface area contributed by atoms with Crippen molar-refractivity contribution in [3.63, 3.8) is 0 Å². The average Bonchev–Trinajstić information content (AvgIpc) is 3.17. The third-order valence-corrected chi connectivity index (χ3v) is 5.99. The highest BCUT2D eigenvalue weighted by atomic mass is 16.5. The second kappa shape index (κ2) is 10.4. The van der Waals surface area contributed by atoms with E-state index in [9.17, 15) is 19.5 Å². The summed E-state index contributed by atoms with van der Waals surface area (Å²) < 4.78 is 16.4. The molecule has 3 aromatic rings. The molecule has 37 heavy (non-hydrogen) atoms. The predicted octanol–water partition coefficient (Wildman–Crippen LogP) is 4.30. The lowest BCUT2D eigenvalue weighted by atomic mass is 9.94. The second-order valence-electron chi connectivity index (χ2n) is 8.18. The van der Waals surface area contributed by atoms with Crippen molar-refractivity contribution in [3.8, 4) is 17.2 Å². The quantitative estimate of drug-likeness (QED) is 0.281. The molecular weight excluding hydrogens is 476 g/mol. The number of methoxy groups -OCH3 is 3. The Morgan fingerprint density at radius 2 is 1.46 bits per heavy atom. The molecule has 9 heteroatoms. The van der Waals surface area contributed by atoms with Crippen molar-refractivity contribution in [2.75, 3.05) is 31.5 Å². The number of amides is 2. The molecule has 1 atom stereocenters. The van der Waals surface area contributed by atoms with E-state index >= 15 is 0 Å². The molecule has 0 radical (unpaired) electrons. The first-order valence-electron chi connectivity index (χ1n) is 11.3. The van der Waals surface area contributed by atoms with Gasteiger partial charge in [0.1, 0.15) is 28.6 Å². The first-order chi connectivity index (χ1) is 17.8. The lowest BCUT2D eigenvalue weighted by molar-refractivity contribution is -0.132. The second-order valence-corrected chi connectivity index (χ2v) is 8.18. The number of ether oxygens (including phenoxy) is 3. The molecule has 2 amide bonds. The summed E-state index contributed by atoms with van der Waals surface area (Å²) in [6.07, 6.45) is 0. The van der Waals surface area contributed by atoms with Gasteiger partial charge in [0, 0.05) is 23.9 Å². The van der Waals surface area contributed by atoms with E-state index in [1.165, 1.54) is 33.2 Å². The number of anilines is 2. The van der Waals surface area contributed by atoms with Gasteiger partial charge >= 0.3 is 0 Å². The lowest BCUT2D eigenvalue weighted by Gasteiger charge is -2.27. The maximum Gasteiger partial charge on any atom is 0.300 e. The summed E-state index contributed by atoms with van der Waals surface area (Å²) in [5.41, 5.74) is 1.23. The zero-order valence-electron chi connectivity index (χ0n) is 20.8. The van der Waals surface area contributed by atoms with E-state index in [-0.39, 0.29) is 28.5 Å². The number of rotatable bonds is 7. The van der Waals surface area contributed by atoms with Crippen LogP contribution in [0, 0.1) is 0 Å². The van der Waals surface area contributed by atoms with Gasteiger partial charge in [0.15, 0.2) is 0 Å². The van der Waals surface area contributed by atoms with Crippen molar-refractivity contribution < 1.29 is 33.7 Å². The van der Waals surface area contributed by atoms with Gasteiger partial charge in [-0.15, -0.1) is 0 Å². The molecule has 0 aromatic heterocycles. The molecule has 1 aliphatic heterocycles. The van der Waals surface area contributed by atoms with Crippen LogP contribution in [0.1, 0.15) is 24.1 Å². The Kier molecular flexibility index (Phi) is 7.15. The van der Waals surface area contributed by atoms with Crippen LogP contribution in [0.3, 0.4) is 0 Å². The van der Waals surface area contributed by atoms with E-state index in [0.717, 1.165) is 0 Å². The number of nitrogens with zero attached hydrogens (tertiary/aromatic N) is 1. The minimum absolute atomic E-state index is 0.136. The summed E-state index contributed by atoms with van der Waals surface area (Å²) in [7, 11) is 4.33. The lowest BCUT2D eigenvalue weighted by Crippen LogP contribution is -2.29. The van der Waals surface area contributed by atoms with Crippen LogP contribution in [0.25, 0.3) is 5.76 Å². The molecule has 0 aliphatic carbocycles. The normalized spacial score (nSPS) is 16.4. The van der Waals surface area contributed by atoms with Gasteiger partial charge in [0.25, 0.3) is 11.7 Å². The SMILES string of the molecule is COc1ccccc1C1/C(=C(\O)c2c(OC)cccc2OC)C(=O)C(=O)N1c1cccc(NC(C)=O)c1. The van der Waals surface area contributed by atoms with Crippen LogP contribution in [0.15, 0.2) is 72.3 Å². The predicted molar refractivity (Wildman–Crippen MR) is 138 cm³/mol. The van der Waals surface area contributed by atoms with Gasteiger partial charge in [-0.25, -0.2) is 0 Å². The first kappa shape index (κ1) is 25.3. The minimum Gasteiger partial charge on any atom is -0.506 e. The Bertz CT molecular complexity index is 1390. The number of para-hydroxylation sites is 1. The zero-order chi connectivity index (χ0) is 26.7. The van der Waals surface area contributed by atoms with Crippen LogP contribution >= 0.6 is 0 Å². The highest BCUT2D eigenvalue weighted by molar-refractivity contribution is 6.51. The van der Waals surface area contributed by atoms with Crippen LogP contribution in [0.5, 0.6) is 17.2 Å². The summed E-state index contributed by atoms with van der Waals surface area (Å²) in [5, 5.41) is 14.3. The molecule has 1 heterocycles. The van der Waals surface area contributed by atoms with Crippen molar-refractivity contribution in [2.24, 2.45) is 0 Å². The number of aliphatic hydroxyl groups is 1. The number of benzene rings is 3. The highest BCUT2D eigenvalue weighted by Crippen LogP contribution is 2.47. The van der Waals surface area contributed by atoms with Crippen LogP contribution in [0.2, 0.25) is 0 Å². The Balaban J connectivity index is 2.02. The van der Waals surface area contributed by atoms with Crippen molar-refractivity contribution >= 4 is 34.7 Å². The van der Waals surface area contributed by atoms with Crippen molar-refractivity contribution in [1.29, 1.82) is 0 Å². The van der Waals surface area contributed by atoms with E-state index in [2.05, 4.69) is 5.32 Å². The number of Topliss-reactive ketones (excluding diaryl/α,β-unsaturated/α-hetero) is 1. The van der Waals surface area contributed by atoms with Crippen molar-refractivity contribution in [1.82, 2.24) is 0 Å². The first-order valence-corrected chi connectivity index (χ1v) is 11.3. The fourth-order valence-electron chi connectivity index (χ4n) is 4.44. The molecule has 2 N–H and O–H groups in total. The standard InChI is InChI=1S/C28H26N2O7/c1-16(31)29-17-9-7-10-18(15-17)30-25(19-11-5-6-12-20(19)35-2)24(27(33)28(30)34)26(32)23-21(36-3)13-8-14-22(23)37-4/h5-15,25,32H,1-4H3,(H,29,31)/b26-24+. The number of ketones is 1. The fourth-order valence-corrected chi connectivity index (χ4v) is 4.44. The largest absolute Gasteiger partial charge is 0.506 e. The summed E-state index contributed by atoms with van der Waals surface area (Å²) in [4.78, 5) is 40.0. The zero-order valence-corrected chi connectivity index (χ0v) is 20.8. The highest BCUT2D eigenvalue weighted by Gasteiger charge is 2.48. The monoisotopic (exact) mass is 502 g/mol. The molecule has 1 aliphatic rings. The molecule has 3 aromatic carbocycles. The molecular formula is C28H26N2O7. The minimum atomic E-state index is -1.06. The van der Waals surface area contributed by atoms with Crippen LogP contribution < -0.4 is 24.4 Å². The molecule has 0 saturated carbocycles. The molecule has 1 saturated heterocycles. The van der Waals surface area contributed by atoms with Crippen molar-refractivity contribution in [3.05, 3.63) is 83.4 Å². The third-order valence-electron chi connectivity index (χ3n) is 5.99. The van der Waals surface area contributed by atoms with Gasteiger partial charge in [-0.3, -0.25) is 19.3 Å². The Hall–Kier alpha value is -4.79. The Morgan fingerprint density at radius 1 is 0.865 bits per heavy atom. The molecule has 1 fully saturated rings. The van der Waals surface area contributed by atoms with E-state index in [1.54, 1.807) is 66.7 Å². The topological polar surface area (TPSA) is 114 Å². The van der Waals surface area contributed by atoms with Crippen LogP contribution in [0.4, 0.5) is 11.4 Å². The summed E-state index contributed by atoms with van der Waals surface area (Å²) in [6, 6.07) is 17.3. The van der Waals surface area contributed by atoms with E-state index in [1.807, 2.05) is 0 Å². The van der Waals surface area contributed by atoms with Crippen molar-refractivity contribution in [2.45, 2.75) is 13.0 Å². The number of hydrogen-bond acceptors (Lipinski definition) is 7. The third kappa shape index (κ3) is 4.58. The van der Waals surface area contributed by atoms with E-state index in [0.29, 0.717) is 22.7 Å². The van der Waals surface area contributed by atoms with Gasteiger partial charge < -0.3 is 24.6 Å². The van der Waals surface area contributed by atoms with Gasteiger partial charge in [-0.05, 0) is 36.4 Å². The maximum absolute atomic E-state index is 13.5. The van der Waals surface area contributed by atoms with Crippen LogP contribution in [-0.4, -0.2) is 44.0 Å². The van der Waals surface area contributed by atoms with Crippen LogP contribution in [-0.2, 0) is 14.4 Å². The summed E-state index contributed by atoms with van der Waals surface area (Å²) in [6.45, 7) is 1.37. The fraction of sp³-hybridized carbons (Fsp3) is 0.179. The average molecular weight is 503 g/mol. The number of aliphatic hydroxyl groups excluding tert-OH is 1. The number of carbonyl (C=O) groups is 3. The molecule has 0 spiro atoms. The number of hydrogen-bond donors (Lipinski definition) is 2. The molecule has 1 unspecified atom stereocenters.